The molecule has 1 aromatic heterocycles. The van der Waals surface area contributed by atoms with Gasteiger partial charge in [-0.3, -0.25) is 4.98 Å². The number of sulfonamides is 1. The van der Waals surface area contributed by atoms with Crippen molar-refractivity contribution in [2.45, 2.75) is 24.3 Å². The zero-order valence-electron chi connectivity index (χ0n) is 8.51. The van der Waals surface area contributed by atoms with Gasteiger partial charge in [-0.15, -0.1) is 0 Å². The zero-order chi connectivity index (χ0) is 12.2. The van der Waals surface area contributed by atoms with E-state index in [1.54, 1.807) is 6.92 Å². The summed E-state index contributed by atoms with van der Waals surface area (Å²) in [4.78, 5) is 3.61. The normalized spacial score (nSPS) is 13.1. The van der Waals surface area contributed by atoms with Crippen LogP contribution in [-0.4, -0.2) is 19.4 Å². The first-order chi connectivity index (χ1) is 7.47. The van der Waals surface area contributed by atoms with Gasteiger partial charge in [0.1, 0.15) is 4.90 Å². The van der Waals surface area contributed by atoms with Crippen LogP contribution in [-0.2, 0) is 10.0 Å². The minimum atomic E-state index is -3.71. The van der Waals surface area contributed by atoms with Crippen molar-refractivity contribution < 1.29 is 8.42 Å². The predicted octanol–water partition coefficient (Wildman–Crippen LogP) is 1.32. The minimum Gasteiger partial charge on any atom is -0.263 e. The Hall–Kier alpha value is -1.16. The highest BCUT2D eigenvalue weighted by Crippen LogP contribution is 2.19. The highest BCUT2D eigenvalue weighted by Gasteiger charge is 2.20. The fourth-order valence-corrected chi connectivity index (χ4v) is 2.74. The van der Waals surface area contributed by atoms with E-state index in [-0.39, 0.29) is 16.3 Å². The first kappa shape index (κ1) is 12.9. The second-order valence-electron chi connectivity index (χ2n) is 3.19. The lowest BCUT2D eigenvalue weighted by Crippen LogP contribution is -2.32. The van der Waals surface area contributed by atoms with Crippen LogP contribution in [0.4, 0.5) is 0 Å². The van der Waals surface area contributed by atoms with Crippen molar-refractivity contribution >= 4 is 21.6 Å². The number of aromatic nitrogens is 1. The lowest BCUT2D eigenvalue weighted by molar-refractivity contribution is 0.563. The Kier molecular flexibility index (Phi) is 4.24. The minimum absolute atomic E-state index is 0.0820. The maximum absolute atomic E-state index is 11.8. The molecule has 1 aromatic rings. The van der Waals surface area contributed by atoms with Gasteiger partial charge in [-0.25, -0.2) is 13.1 Å². The predicted molar refractivity (Wildman–Crippen MR) is 59.3 cm³/mol. The number of hydrogen-bond acceptors (Lipinski definition) is 4. The van der Waals surface area contributed by atoms with Crippen LogP contribution in [0.1, 0.15) is 13.3 Å². The van der Waals surface area contributed by atoms with Crippen molar-refractivity contribution in [3.63, 3.8) is 0 Å². The van der Waals surface area contributed by atoms with Gasteiger partial charge in [0.25, 0.3) is 0 Å². The summed E-state index contributed by atoms with van der Waals surface area (Å²) in [5.74, 6) is 0. The molecule has 0 spiro atoms. The number of halogens is 1. The Morgan fingerprint density at radius 2 is 2.38 bits per heavy atom. The Bertz CT molecular complexity index is 510. The zero-order valence-corrected chi connectivity index (χ0v) is 10.1. The number of nitriles is 1. The van der Waals surface area contributed by atoms with Crippen molar-refractivity contribution in [1.29, 1.82) is 5.26 Å². The molecule has 0 fully saturated rings. The van der Waals surface area contributed by atoms with E-state index in [9.17, 15) is 8.42 Å². The van der Waals surface area contributed by atoms with Crippen LogP contribution in [0.15, 0.2) is 23.4 Å². The molecule has 1 heterocycles. The third-order valence-corrected chi connectivity index (χ3v) is 3.84. The van der Waals surface area contributed by atoms with Crippen LogP contribution in [0.5, 0.6) is 0 Å². The molecule has 1 N–H and O–H groups in total. The average Bonchev–Trinajstić information content (AvgIpc) is 2.17. The second kappa shape index (κ2) is 5.25. The van der Waals surface area contributed by atoms with E-state index >= 15 is 0 Å². The van der Waals surface area contributed by atoms with Crippen molar-refractivity contribution in [2.75, 3.05) is 0 Å². The smallest absolute Gasteiger partial charge is 0.243 e. The van der Waals surface area contributed by atoms with E-state index in [4.69, 9.17) is 16.9 Å². The molecule has 0 saturated carbocycles. The fourth-order valence-electron chi connectivity index (χ4n) is 1.07. The number of pyridine rings is 1. The molecule has 0 aromatic carbocycles. The molecule has 1 rings (SSSR count). The van der Waals surface area contributed by atoms with Crippen molar-refractivity contribution in [3.8, 4) is 6.07 Å². The Morgan fingerprint density at radius 3 is 2.94 bits per heavy atom. The molecule has 7 heteroatoms. The van der Waals surface area contributed by atoms with E-state index in [2.05, 4.69) is 9.71 Å². The summed E-state index contributed by atoms with van der Waals surface area (Å²) in [5.41, 5.74) is 0. The standard InChI is InChI=1S/C9H10ClN3O2S/c1-7(2-4-11)13-16(14,15)9-6-12-5-3-8(9)10/h3,5-7,13H,2H2,1H3. The molecular formula is C9H10ClN3O2S. The highest BCUT2D eigenvalue weighted by molar-refractivity contribution is 7.89. The number of nitrogens with one attached hydrogen (secondary N) is 1. The quantitative estimate of drug-likeness (QED) is 0.884. The van der Waals surface area contributed by atoms with Gasteiger partial charge in [0.05, 0.1) is 17.5 Å². The molecule has 0 aliphatic heterocycles. The molecular weight excluding hydrogens is 250 g/mol. The summed E-state index contributed by atoms with van der Waals surface area (Å²) in [6, 6.07) is 2.81. The Morgan fingerprint density at radius 1 is 1.69 bits per heavy atom. The third kappa shape index (κ3) is 3.17. The molecule has 5 nitrogen and oxygen atoms in total. The molecule has 1 atom stereocenters. The second-order valence-corrected chi connectivity index (χ2v) is 5.28. The monoisotopic (exact) mass is 259 g/mol. The van der Waals surface area contributed by atoms with Crippen LogP contribution >= 0.6 is 11.6 Å². The van der Waals surface area contributed by atoms with Crippen molar-refractivity contribution in [1.82, 2.24) is 9.71 Å². The molecule has 0 aliphatic rings. The summed E-state index contributed by atoms with van der Waals surface area (Å²) in [6.07, 6.45) is 2.67. The molecule has 0 aliphatic carbocycles. The van der Waals surface area contributed by atoms with Gasteiger partial charge >= 0.3 is 0 Å². The maximum atomic E-state index is 11.8. The summed E-state index contributed by atoms with van der Waals surface area (Å²) in [7, 11) is -3.71. The molecule has 0 bridgehead atoms. The van der Waals surface area contributed by atoms with Gasteiger partial charge in [0.2, 0.25) is 10.0 Å². The molecule has 0 radical (unpaired) electrons. The van der Waals surface area contributed by atoms with Crippen LogP contribution in [0.2, 0.25) is 5.02 Å². The van der Waals surface area contributed by atoms with Gasteiger partial charge in [-0.2, -0.15) is 5.26 Å². The summed E-state index contributed by atoms with van der Waals surface area (Å²) >= 11 is 5.75. The SMILES string of the molecule is CC(CC#N)NS(=O)(=O)c1cnccc1Cl. The Balaban J connectivity index is 2.96. The molecule has 16 heavy (non-hydrogen) atoms. The summed E-state index contributed by atoms with van der Waals surface area (Å²) < 4.78 is 25.9. The molecule has 0 amide bonds. The first-order valence-electron chi connectivity index (χ1n) is 4.46. The molecule has 0 saturated heterocycles. The lowest BCUT2D eigenvalue weighted by Gasteiger charge is -2.11. The van der Waals surface area contributed by atoms with Gasteiger partial charge < -0.3 is 0 Å². The summed E-state index contributed by atoms with van der Waals surface area (Å²) in [5, 5.41) is 8.54. The maximum Gasteiger partial charge on any atom is 0.243 e. The summed E-state index contributed by atoms with van der Waals surface area (Å²) in [6.45, 7) is 1.60. The van der Waals surface area contributed by atoms with Crippen LogP contribution < -0.4 is 4.72 Å². The van der Waals surface area contributed by atoms with E-state index in [1.807, 2.05) is 6.07 Å². The van der Waals surface area contributed by atoms with E-state index in [0.717, 1.165) is 0 Å². The fraction of sp³-hybridized carbons (Fsp3) is 0.333. The Labute approximate surface area is 99.1 Å². The molecule has 1 unspecified atom stereocenters. The van der Waals surface area contributed by atoms with E-state index in [1.165, 1.54) is 18.5 Å². The van der Waals surface area contributed by atoms with Gasteiger partial charge in [0, 0.05) is 18.4 Å². The topological polar surface area (TPSA) is 82.9 Å². The largest absolute Gasteiger partial charge is 0.263 e. The van der Waals surface area contributed by atoms with Gasteiger partial charge in [-0.05, 0) is 13.0 Å². The van der Waals surface area contributed by atoms with Crippen molar-refractivity contribution in [2.24, 2.45) is 0 Å². The lowest BCUT2D eigenvalue weighted by atomic mass is 10.3. The van der Waals surface area contributed by atoms with Crippen molar-refractivity contribution in [3.05, 3.63) is 23.5 Å². The highest BCUT2D eigenvalue weighted by atomic mass is 35.5. The first-order valence-corrected chi connectivity index (χ1v) is 6.32. The van der Waals surface area contributed by atoms with E-state index in [0.29, 0.717) is 0 Å². The van der Waals surface area contributed by atoms with E-state index < -0.39 is 16.1 Å². The number of rotatable bonds is 4. The van der Waals surface area contributed by atoms with Crippen LogP contribution in [0.3, 0.4) is 0 Å². The third-order valence-electron chi connectivity index (χ3n) is 1.78. The molecule has 86 valence electrons. The number of hydrogen-bond donors (Lipinski definition) is 1. The van der Waals surface area contributed by atoms with Crippen LogP contribution in [0, 0.1) is 11.3 Å². The van der Waals surface area contributed by atoms with Gasteiger partial charge in [-0.1, -0.05) is 11.6 Å². The number of nitrogens with zero attached hydrogens (tertiary/aromatic N) is 2. The average molecular weight is 260 g/mol. The van der Waals surface area contributed by atoms with Gasteiger partial charge in [0.15, 0.2) is 0 Å². The van der Waals surface area contributed by atoms with Crippen LogP contribution in [0.25, 0.3) is 0 Å².